The van der Waals surface area contributed by atoms with E-state index in [9.17, 15) is 13.2 Å². The van der Waals surface area contributed by atoms with E-state index in [2.05, 4.69) is 32.3 Å². The monoisotopic (exact) mass is 505 g/mol. The lowest BCUT2D eigenvalue weighted by Gasteiger charge is -2.11. The first kappa shape index (κ1) is 24.0. The van der Waals surface area contributed by atoms with Gasteiger partial charge in [-0.1, -0.05) is 18.2 Å². The third-order valence-corrected chi connectivity index (χ3v) is 5.53. The summed E-state index contributed by atoms with van der Waals surface area (Å²) in [6.07, 6.45) is 2.77. The number of nitrogens with one attached hydrogen (secondary N) is 1. The lowest BCUT2D eigenvalue weighted by atomic mass is 10.1. The number of hydrogen-bond acceptors (Lipinski definition) is 7. The number of fused-ring (bicyclic) bond motifs is 1. The Morgan fingerprint density at radius 2 is 1.81 bits per heavy atom. The van der Waals surface area contributed by atoms with Crippen LogP contribution in [0, 0.1) is 24.5 Å². The Morgan fingerprint density at radius 1 is 1.03 bits per heavy atom. The first-order valence-corrected chi connectivity index (χ1v) is 11.1. The van der Waals surface area contributed by atoms with Crippen molar-refractivity contribution in [2.75, 3.05) is 19.0 Å². The molecule has 11 heteroatoms. The second kappa shape index (κ2) is 10.1. The molecule has 1 N–H and O–H groups in total. The number of benzene rings is 2. The number of nitrogens with zero attached hydrogens (tertiary/aromatic N) is 5. The highest BCUT2D eigenvalue weighted by atomic mass is 19.1. The molecule has 5 aromatic rings. The third kappa shape index (κ3) is 4.88. The van der Waals surface area contributed by atoms with Crippen LogP contribution in [-0.2, 0) is 6.54 Å². The van der Waals surface area contributed by atoms with Gasteiger partial charge in [0.2, 0.25) is 5.95 Å². The summed E-state index contributed by atoms with van der Waals surface area (Å²) in [5.41, 5.74) is 1.25. The molecule has 0 bridgehead atoms. The molecule has 0 unspecified atom stereocenters. The summed E-state index contributed by atoms with van der Waals surface area (Å²) in [5.74, 6) is -1.31. The molecule has 0 amide bonds. The van der Waals surface area contributed by atoms with Gasteiger partial charge in [0.25, 0.3) is 0 Å². The van der Waals surface area contributed by atoms with Crippen LogP contribution in [0.25, 0.3) is 22.4 Å². The summed E-state index contributed by atoms with van der Waals surface area (Å²) in [6.45, 7) is 3.38. The van der Waals surface area contributed by atoms with E-state index >= 15 is 0 Å². The Balaban J connectivity index is 1.56. The Hall–Kier alpha value is -4.67. The van der Waals surface area contributed by atoms with E-state index in [0.717, 1.165) is 12.1 Å². The number of methoxy groups -OCH3 is 1. The quantitative estimate of drug-likeness (QED) is 0.286. The Morgan fingerprint density at radius 3 is 2.54 bits per heavy atom. The number of anilines is 2. The van der Waals surface area contributed by atoms with E-state index in [0.29, 0.717) is 28.0 Å². The van der Waals surface area contributed by atoms with Crippen LogP contribution in [0.4, 0.5) is 24.7 Å². The lowest BCUT2D eigenvalue weighted by molar-refractivity contribution is 0.354. The summed E-state index contributed by atoms with van der Waals surface area (Å²) < 4.78 is 55.0. The van der Waals surface area contributed by atoms with Gasteiger partial charge in [-0.15, -0.1) is 0 Å². The van der Waals surface area contributed by atoms with Crippen molar-refractivity contribution in [1.29, 1.82) is 0 Å². The summed E-state index contributed by atoms with van der Waals surface area (Å²) in [6, 6.07) is 12.2. The van der Waals surface area contributed by atoms with Gasteiger partial charge < -0.3 is 14.8 Å². The molecule has 0 spiro atoms. The van der Waals surface area contributed by atoms with Gasteiger partial charge in [-0.05, 0) is 19.1 Å². The molecule has 5 rings (SSSR count). The van der Waals surface area contributed by atoms with Crippen molar-refractivity contribution >= 4 is 22.4 Å². The maximum absolute atomic E-state index is 14.8. The van der Waals surface area contributed by atoms with E-state index in [1.165, 1.54) is 30.3 Å². The first-order valence-electron chi connectivity index (χ1n) is 11.1. The zero-order chi connectivity index (χ0) is 25.9. The summed E-state index contributed by atoms with van der Waals surface area (Å²) in [4.78, 5) is 12.4. The number of pyridine rings is 1. The molecule has 0 saturated carbocycles. The van der Waals surface area contributed by atoms with Crippen LogP contribution < -0.4 is 14.8 Å². The first-order chi connectivity index (χ1) is 18.0. The minimum absolute atomic E-state index is 0.0419. The topological polar surface area (TPSA) is 87.0 Å². The molecule has 0 aliphatic rings. The molecule has 3 aromatic heterocycles. The normalized spacial score (nSPS) is 11.1. The molecule has 37 heavy (non-hydrogen) atoms. The van der Waals surface area contributed by atoms with Gasteiger partial charge in [-0.25, -0.2) is 23.7 Å². The molecule has 2 aromatic carbocycles. The molecule has 0 aliphatic heterocycles. The molecule has 0 atom stereocenters. The number of halogens is 3. The van der Waals surface area contributed by atoms with Gasteiger partial charge in [0, 0.05) is 41.0 Å². The smallest absolute Gasteiger partial charge is 0.214 e. The Kier molecular flexibility index (Phi) is 6.59. The predicted molar refractivity (Wildman–Crippen MR) is 131 cm³/mol. The SMILES string of the molecule is [CH2]COc1cc(F)c(Cn2nc(-c3ncc(OC)c(Nc4ccnc(F)c4)n3)c3ccccc32)c(F)c1. The highest BCUT2D eigenvalue weighted by Crippen LogP contribution is 2.31. The number of hydrogen-bond donors (Lipinski definition) is 1. The van der Waals surface area contributed by atoms with Gasteiger partial charge in [0.1, 0.15) is 23.1 Å². The number of aromatic nitrogens is 5. The van der Waals surface area contributed by atoms with E-state index in [1.807, 2.05) is 12.1 Å². The molecule has 0 saturated heterocycles. The predicted octanol–water partition coefficient (Wildman–Crippen LogP) is 5.32. The van der Waals surface area contributed by atoms with Gasteiger partial charge in [0.05, 0.1) is 32.0 Å². The van der Waals surface area contributed by atoms with Crippen molar-refractivity contribution in [3.05, 3.63) is 91.0 Å². The summed E-state index contributed by atoms with van der Waals surface area (Å²) in [7, 11) is 1.46. The highest BCUT2D eigenvalue weighted by Gasteiger charge is 2.20. The molecule has 1 radical (unpaired) electrons. The van der Waals surface area contributed by atoms with Crippen LogP contribution in [0.1, 0.15) is 5.56 Å². The third-order valence-electron chi connectivity index (χ3n) is 5.53. The van der Waals surface area contributed by atoms with Gasteiger partial charge >= 0.3 is 0 Å². The zero-order valence-corrected chi connectivity index (χ0v) is 19.6. The fourth-order valence-corrected chi connectivity index (χ4v) is 3.84. The van der Waals surface area contributed by atoms with Gasteiger partial charge in [-0.2, -0.15) is 9.49 Å². The fraction of sp³-hybridized carbons (Fsp3) is 0.115. The number of para-hydroxylation sites is 1. The van der Waals surface area contributed by atoms with Crippen LogP contribution in [0.2, 0.25) is 0 Å². The van der Waals surface area contributed by atoms with Gasteiger partial charge in [-0.3, -0.25) is 4.68 Å². The van der Waals surface area contributed by atoms with Crippen LogP contribution >= 0.6 is 0 Å². The average molecular weight is 505 g/mol. The second-order valence-electron chi connectivity index (χ2n) is 7.84. The van der Waals surface area contributed by atoms with Gasteiger partial charge in [0.15, 0.2) is 17.4 Å². The van der Waals surface area contributed by atoms with Crippen molar-refractivity contribution in [3.63, 3.8) is 0 Å². The van der Waals surface area contributed by atoms with Crippen molar-refractivity contribution in [2.24, 2.45) is 0 Å². The highest BCUT2D eigenvalue weighted by molar-refractivity contribution is 5.92. The number of rotatable bonds is 8. The molecule has 0 aliphatic carbocycles. The largest absolute Gasteiger partial charge is 0.493 e. The lowest BCUT2D eigenvalue weighted by Crippen LogP contribution is -2.07. The van der Waals surface area contributed by atoms with Crippen LogP contribution in [0.3, 0.4) is 0 Å². The Labute approximate surface area is 209 Å². The van der Waals surface area contributed by atoms with E-state index in [-0.39, 0.29) is 36.1 Å². The van der Waals surface area contributed by atoms with Crippen molar-refractivity contribution in [2.45, 2.75) is 6.54 Å². The molecule has 0 fully saturated rings. The average Bonchev–Trinajstić information content (AvgIpc) is 3.25. The molecule has 3 heterocycles. The minimum Gasteiger partial charge on any atom is -0.493 e. The molecular formula is C26H20F3N6O2. The van der Waals surface area contributed by atoms with E-state index in [1.54, 1.807) is 18.2 Å². The maximum Gasteiger partial charge on any atom is 0.214 e. The maximum atomic E-state index is 14.8. The molecule has 187 valence electrons. The van der Waals surface area contributed by atoms with Crippen LogP contribution in [-0.4, -0.2) is 38.4 Å². The standard InChI is InChI=1S/C26H20F3N6O2/c1-3-37-16-11-19(27)18(20(28)12-16)14-35-21-7-5-4-6-17(21)24(34-35)26-31-13-22(36-2)25(33-26)32-15-8-9-30-23(29)10-15/h4-13H,1,3,14H2,2H3,(H,30,31,32,33). The minimum atomic E-state index is -0.763. The molecular weight excluding hydrogens is 485 g/mol. The van der Waals surface area contributed by atoms with Crippen molar-refractivity contribution in [1.82, 2.24) is 24.7 Å². The van der Waals surface area contributed by atoms with E-state index < -0.39 is 17.6 Å². The van der Waals surface area contributed by atoms with Crippen LogP contribution in [0.15, 0.2) is 60.9 Å². The van der Waals surface area contributed by atoms with E-state index in [4.69, 9.17) is 9.47 Å². The fourth-order valence-electron chi connectivity index (χ4n) is 3.84. The summed E-state index contributed by atoms with van der Waals surface area (Å²) in [5, 5.41) is 8.26. The Bertz CT molecular complexity index is 1570. The molecule has 8 nitrogen and oxygen atoms in total. The van der Waals surface area contributed by atoms with Crippen molar-refractivity contribution in [3.8, 4) is 23.0 Å². The number of ether oxygens (including phenoxy) is 2. The van der Waals surface area contributed by atoms with Crippen molar-refractivity contribution < 1.29 is 22.6 Å². The summed E-state index contributed by atoms with van der Waals surface area (Å²) >= 11 is 0. The van der Waals surface area contributed by atoms with Crippen LogP contribution in [0.5, 0.6) is 11.5 Å². The second-order valence-corrected chi connectivity index (χ2v) is 7.84. The zero-order valence-electron chi connectivity index (χ0n) is 19.6.